The van der Waals surface area contributed by atoms with Gasteiger partial charge in [0.1, 0.15) is 6.61 Å². The first kappa shape index (κ1) is 14.8. The van der Waals surface area contributed by atoms with Crippen LogP contribution in [-0.4, -0.2) is 17.6 Å². The zero-order valence-electron chi connectivity index (χ0n) is 12.1. The van der Waals surface area contributed by atoms with Gasteiger partial charge in [0.25, 0.3) is 5.91 Å². The van der Waals surface area contributed by atoms with Gasteiger partial charge in [0.05, 0.1) is 0 Å². The van der Waals surface area contributed by atoms with E-state index in [2.05, 4.69) is 17.2 Å². The van der Waals surface area contributed by atoms with Crippen molar-refractivity contribution in [2.75, 3.05) is 11.9 Å². The standard InChI is InChI=1S/C18H17NO2/c1-13-6-3-10-17(14(13)2)18(21)19-16-9-4-7-15(12-16)8-5-11-20/h3-4,6-7,9-10,12,20H,11H2,1-2H3,(H,19,21). The number of anilines is 1. The molecule has 2 aromatic carbocycles. The van der Waals surface area contributed by atoms with Crippen molar-refractivity contribution in [3.05, 3.63) is 64.7 Å². The fraction of sp³-hybridized carbons (Fsp3) is 0.167. The highest BCUT2D eigenvalue weighted by Crippen LogP contribution is 2.16. The third kappa shape index (κ3) is 3.71. The number of aliphatic hydroxyl groups is 1. The zero-order valence-corrected chi connectivity index (χ0v) is 12.1. The summed E-state index contributed by atoms with van der Waals surface area (Å²) in [6.45, 7) is 3.74. The highest BCUT2D eigenvalue weighted by molar-refractivity contribution is 6.05. The van der Waals surface area contributed by atoms with Crippen molar-refractivity contribution in [2.24, 2.45) is 0 Å². The van der Waals surface area contributed by atoms with Crippen LogP contribution in [-0.2, 0) is 0 Å². The van der Waals surface area contributed by atoms with Crippen LogP contribution in [0.15, 0.2) is 42.5 Å². The predicted molar refractivity (Wildman–Crippen MR) is 84.3 cm³/mol. The summed E-state index contributed by atoms with van der Waals surface area (Å²) in [4.78, 5) is 12.3. The van der Waals surface area contributed by atoms with E-state index in [1.54, 1.807) is 6.07 Å². The van der Waals surface area contributed by atoms with Crippen molar-refractivity contribution < 1.29 is 9.90 Å². The van der Waals surface area contributed by atoms with Gasteiger partial charge in [-0.05, 0) is 49.2 Å². The van der Waals surface area contributed by atoms with E-state index >= 15 is 0 Å². The predicted octanol–water partition coefficient (Wildman–Crippen LogP) is 2.90. The Morgan fingerprint density at radius 2 is 1.95 bits per heavy atom. The summed E-state index contributed by atoms with van der Waals surface area (Å²) in [5.41, 5.74) is 4.17. The minimum atomic E-state index is -0.181. The van der Waals surface area contributed by atoms with Crippen LogP contribution in [0.1, 0.15) is 27.0 Å². The van der Waals surface area contributed by atoms with Gasteiger partial charge in [-0.1, -0.05) is 30.0 Å². The molecule has 0 fully saturated rings. The molecule has 0 spiro atoms. The molecular weight excluding hydrogens is 262 g/mol. The quantitative estimate of drug-likeness (QED) is 0.830. The van der Waals surface area contributed by atoms with Gasteiger partial charge >= 0.3 is 0 Å². The lowest BCUT2D eigenvalue weighted by molar-refractivity contribution is 0.102. The van der Waals surface area contributed by atoms with Gasteiger partial charge in [0.2, 0.25) is 0 Å². The minimum Gasteiger partial charge on any atom is -0.384 e. The highest BCUT2D eigenvalue weighted by Gasteiger charge is 2.10. The first-order valence-electron chi connectivity index (χ1n) is 6.69. The van der Waals surface area contributed by atoms with E-state index in [0.717, 1.165) is 16.7 Å². The van der Waals surface area contributed by atoms with Gasteiger partial charge in [-0.2, -0.15) is 0 Å². The molecule has 0 aliphatic carbocycles. The summed E-state index contributed by atoms with van der Waals surface area (Å²) >= 11 is 0. The maximum atomic E-state index is 12.3. The van der Waals surface area contributed by atoms with E-state index in [1.807, 2.05) is 50.2 Å². The third-order valence-corrected chi connectivity index (χ3v) is 3.28. The zero-order chi connectivity index (χ0) is 15.2. The number of hydrogen-bond donors (Lipinski definition) is 2. The monoisotopic (exact) mass is 279 g/mol. The largest absolute Gasteiger partial charge is 0.384 e. The van der Waals surface area contributed by atoms with Gasteiger partial charge in [0, 0.05) is 16.8 Å². The van der Waals surface area contributed by atoms with Crippen molar-refractivity contribution in [1.82, 2.24) is 0 Å². The fourth-order valence-corrected chi connectivity index (χ4v) is 2.01. The molecule has 0 bridgehead atoms. The number of benzene rings is 2. The lowest BCUT2D eigenvalue weighted by Gasteiger charge is -2.09. The topological polar surface area (TPSA) is 49.3 Å². The Bertz CT molecular complexity index is 723. The molecule has 3 nitrogen and oxygen atoms in total. The number of carbonyl (C=O) groups excluding carboxylic acids is 1. The summed E-state index contributed by atoms with van der Waals surface area (Å²) in [5, 5.41) is 11.6. The molecule has 2 N–H and O–H groups in total. The van der Waals surface area contributed by atoms with Crippen LogP contribution >= 0.6 is 0 Å². The first-order chi connectivity index (χ1) is 10.1. The van der Waals surface area contributed by atoms with Gasteiger partial charge in [0.15, 0.2) is 0 Å². The van der Waals surface area contributed by atoms with E-state index in [9.17, 15) is 4.79 Å². The van der Waals surface area contributed by atoms with Crippen LogP contribution in [0.5, 0.6) is 0 Å². The molecule has 2 rings (SSSR count). The molecule has 0 aliphatic heterocycles. The first-order valence-corrected chi connectivity index (χ1v) is 6.69. The van der Waals surface area contributed by atoms with Crippen molar-refractivity contribution >= 4 is 11.6 Å². The Balaban J connectivity index is 2.22. The van der Waals surface area contributed by atoms with Crippen LogP contribution in [0, 0.1) is 25.7 Å². The van der Waals surface area contributed by atoms with Gasteiger partial charge < -0.3 is 10.4 Å². The van der Waals surface area contributed by atoms with E-state index in [1.165, 1.54) is 0 Å². The Kier molecular flexibility index (Phi) is 4.76. The molecule has 106 valence electrons. The summed E-state index contributed by atoms with van der Waals surface area (Å²) in [7, 11) is 0. The SMILES string of the molecule is Cc1cccc(C(=O)Nc2cccc(C#CCO)c2)c1C. The maximum Gasteiger partial charge on any atom is 0.255 e. The van der Waals surface area contributed by atoms with Crippen LogP contribution in [0.3, 0.4) is 0 Å². The molecule has 0 radical (unpaired) electrons. The molecule has 0 heterocycles. The second-order valence-electron chi connectivity index (χ2n) is 4.74. The van der Waals surface area contributed by atoms with Crippen molar-refractivity contribution in [3.63, 3.8) is 0 Å². The van der Waals surface area contributed by atoms with Crippen LogP contribution in [0.4, 0.5) is 5.69 Å². The number of rotatable bonds is 2. The second-order valence-corrected chi connectivity index (χ2v) is 4.74. The van der Waals surface area contributed by atoms with Crippen molar-refractivity contribution in [3.8, 4) is 11.8 Å². The highest BCUT2D eigenvalue weighted by atomic mass is 16.2. The average Bonchev–Trinajstić information content (AvgIpc) is 2.48. The second kappa shape index (κ2) is 6.74. The van der Waals surface area contributed by atoms with Crippen LogP contribution in [0.25, 0.3) is 0 Å². The molecule has 0 unspecified atom stereocenters. The van der Waals surface area contributed by atoms with Gasteiger partial charge in [-0.3, -0.25) is 4.79 Å². The molecule has 0 aromatic heterocycles. The van der Waals surface area contributed by atoms with E-state index in [-0.39, 0.29) is 12.5 Å². The molecule has 0 saturated carbocycles. The molecule has 1 amide bonds. The lowest BCUT2D eigenvalue weighted by atomic mass is 10.0. The van der Waals surface area contributed by atoms with Crippen LogP contribution in [0.2, 0.25) is 0 Å². The molecule has 0 saturated heterocycles. The summed E-state index contributed by atoms with van der Waals surface area (Å²) < 4.78 is 0. The molecule has 0 aliphatic rings. The molecule has 3 heteroatoms. The van der Waals surface area contributed by atoms with Crippen molar-refractivity contribution in [1.29, 1.82) is 0 Å². The fourth-order valence-electron chi connectivity index (χ4n) is 2.01. The van der Waals surface area contributed by atoms with E-state index < -0.39 is 0 Å². The van der Waals surface area contributed by atoms with Gasteiger partial charge in [-0.25, -0.2) is 0 Å². The number of hydrogen-bond acceptors (Lipinski definition) is 2. The van der Waals surface area contributed by atoms with Gasteiger partial charge in [-0.15, -0.1) is 0 Å². The molecule has 2 aromatic rings. The Hall–Kier alpha value is -2.57. The number of aliphatic hydroxyl groups excluding tert-OH is 1. The number of carbonyl (C=O) groups is 1. The third-order valence-electron chi connectivity index (χ3n) is 3.28. The Labute approximate surface area is 124 Å². The van der Waals surface area contributed by atoms with Crippen LogP contribution < -0.4 is 5.32 Å². The average molecular weight is 279 g/mol. The summed E-state index contributed by atoms with van der Waals surface area (Å²) in [5.74, 6) is 5.27. The summed E-state index contributed by atoms with van der Waals surface area (Å²) in [6.07, 6.45) is 0. The van der Waals surface area contributed by atoms with E-state index in [0.29, 0.717) is 11.3 Å². The Morgan fingerprint density at radius 1 is 1.19 bits per heavy atom. The molecular formula is C18H17NO2. The molecule has 0 atom stereocenters. The molecule has 21 heavy (non-hydrogen) atoms. The summed E-state index contributed by atoms with van der Waals surface area (Å²) in [6, 6.07) is 12.9. The number of nitrogens with one attached hydrogen (secondary N) is 1. The van der Waals surface area contributed by atoms with E-state index in [4.69, 9.17) is 5.11 Å². The minimum absolute atomic E-state index is 0.136. The van der Waals surface area contributed by atoms with Crippen molar-refractivity contribution in [2.45, 2.75) is 13.8 Å². The lowest BCUT2D eigenvalue weighted by Crippen LogP contribution is -2.13. The normalized spacial score (nSPS) is 9.67. The Morgan fingerprint density at radius 3 is 2.71 bits per heavy atom. The number of aryl methyl sites for hydroxylation is 1. The maximum absolute atomic E-state index is 12.3. The number of amides is 1. The smallest absolute Gasteiger partial charge is 0.255 e.